The van der Waals surface area contributed by atoms with Crippen LogP contribution in [0.5, 0.6) is 0 Å². The van der Waals surface area contributed by atoms with Gasteiger partial charge in [-0.15, -0.1) is 0 Å². The van der Waals surface area contributed by atoms with Crippen LogP contribution in [0, 0.1) is 5.92 Å². The minimum absolute atomic E-state index is 0.0909. The van der Waals surface area contributed by atoms with E-state index in [1.165, 1.54) is 6.92 Å². The molecule has 1 aromatic carbocycles. The average molecular weight is 577 g/mol. The van der Waals surface area contributed by atoms with Crippen molar-refractivity contribution in [2.75, 3.05) is 11.9 Å². The SMILES string of the molecule is CC(=O)OCCc1nc(NC(=O)c2cc(C(=O)C(C)C)cn2Cc2ccc(C3(S(=O)[O-])CC3)cc2)sc1Cl. The highest BCUT2D eigenvalue weighted by Gasteiger charge is 2.45. The molecule has 202 valence electrons. The molecular formula is C26H27ClN3O6S2-. The molecule has 3 aromatic rings. The number of carbonyl (C=O) groups excluding carboxylic acids is 3. The van der Waals surface area contributed by atoms with Gasteiger partial charge in [-0.2, -0.15) is 0 Å². The van der Waals surface area contributed by atoms with Crippen LogP contribution in [0.1, 0.15) is 71.3 Å². The van der Waals surface area contributed by atoms with Gasteiger partial charge < -0.3 is 13.9 Å². The molecule has 2 aromatic heterocycles. The largest absolute Gasteiger partial charge is 0.772 e. The fourth-order valence-electron chi connectivity index (χ4n) is 4.07. The first-order valence-corrected chi connectivity index (χ1v) is 14.3. The lowest BCUT2D eigenvalue weighted by atomic mass is 10.0. The van der Waals surface area contributed by atoms with Gasteiger partial charge in [0.2, 0.25) is 0 Å². The smallest absolute Gasteiger partial charge is 0.302 e. The predicted octanol–water partition coefficient (Wildman–Crippen LogP) is 4.71. The van der Waals surface area contributed by atoms with E-state index in [1.54, 1.807) is 42.8 Å². The fraction of sp³-hybridized carbons (Fsp3) is 0.385. The lowest BCUT2D eigenvalue weighted by Gasteiger charge is -2.19. The van der Waals surface area contributed by atoms with Gasteiger partial charge in [0.1, 0.15) is 10.0 Å². The first-order chi connectivity index (χ1) is 18.0. The minimum Gasteiger partial charge on any atom is -0.772 e. The molecule has 0 bridgehead atoms. The van der Waals surface area contributed by atoms with Gasteiger partial charge >= 0.3 is 5.97 Å². The standard InChI is InChI=1S/C26H28ClN3O6S2/c1-15(2)22(32)18-12-21(24(33)29-25-28-20(23(27)37-25)8-11-36-16(3)31)30(14-18)13-17-4-6-19(7-5-17)26(9-10-26)38(34)35/h4-7,12,14-15H,8-11,13H2,1-3H3,(H,34,35)(H,28,29,33)/p-1. The summed E-state index contributed by atoms with van der Waals surface area (Å²) in [5, 5.41) is 3.04. The summed E-state index contributed by atoms with van der Waals surface area (Å²) >= 11 is 5.16. The molecule has 0 aliphatic heterocycles. The fourth-order valence-corrected chi connectivity index (χ4v) is 5.92. The molecule has 38 heavy (non-hydrogen) atoms. The van der Waals surface area contributed by atoms with Crippen molar-refractivity contribution in [2.45, 2.75) is 51.3 Å². The summed E-state index contributed by atoms with van der Waals surface area (Å²) in [6.45, 7) is 5.32. The first-order valence-electron chi connectivity index (χ1n) is 12.0. The van der Waals surface area contributed by atoms with Crippen molar-refractivity contribution < 1.29 is 27.9 Å². The maximum Gasteiger partial charge on any atom is 0.302 e. The summed E-state index contributed by atoms with van der Waals surface area (Å²) in [6.07, 6.45) is 3.18. The third-order valence-electron chi connectivity index (χ3n) is 6.31. The number of ketones is 1. The van der Waals surface area contributed by atoms with E-state index in [4.69, 9.17) is 16.3 Å². The van der Waals surface area contributed by atoms with Crippen LogP contribution in [0.25, 0.3) is 0 Å². The van der Waals surface area contributed by atoms with Crippen LogP contribution >= 0.6 is 22.9 Å². The number of nitrogens with one attached hydrogen (secondary N) is 1. The molecule has 1 atom stereocenters. The number of anilines is 1. The van der Waals surface area contributed by atoms with Crippen molar-refractivity contribution in [1.29, 1.82) is 0 Å². The van der Waals surface area contributed by atoms with Crippen LogP contribution in [-0.2, 0) is 38.3 Å². The van der Waals surface area contributed by atoms with Gasteiger partial charge in [-0.05, 0) is 41.1 Å². The Bertz CT molecular complexity index is 1390. The predicted molar refractivity (Wildman–Crippen MR) is 144 cm³/mol. The molecule has 12 heteroatoms. The number of Topliss-reactive ketones (excluding diaryl/α,β-unsaturated/α-hetero) is 1. The molecule has 1 saturated carbocycles. The molecule has 1 aliphatic rings. The molecule has 1 amide bonds. The summed E-state index contributed by atoms with van der Waals surface area (Å²) in [5.74, 6) is -1.20. The number of hydrogen-bond donors (Lipinski definition) is 1. The number of rotatable bonds is 11. The van der Waals surface area contributed by atoms with E-state index in [1.807, 2.05) is 12.1 Å². The van der Waals surface area contributed by atoms with Crippen LogP contribution in [0.2, 0.25) is 4.34 Å². The lowest BCUT2D eigenvalue weighted by molar-refractivity contribution is -0.140. The molecule has 1 aliphatic carbocycles. The number of thiazole rings is 1. The second-order valence-electron chi connectivity index (χ2n) is 9.47. The quantitative estimate of drug-likeness (QED) is 0.199. The second kappa shape index (κ2) is 11.5. The Kier molecular flexibility index (Phi) is 8.51. The molecule has 0 spiro atoms. The zero-order valence-corrected chi connectivity index (χ0v) is 23.5. The minimum atomic E-state index is -2.18. The van der Waals surface area contributed by atoms with Crippen molar-refractivity contribution in [3.8, 4) is 0 Å². The van der Waals surface area contributed by atoms with E-state index >= 15 is 0 Å². The number of ether oxygens (including phenoxy) is 1. The van der Waals surface area contributed by atoms with Gasteiger partial charge in [0.05, 0.1) is 17.0 Å². The number of benzene rings is 1. The Hall–Kier alpha value is -2.86. The number of aromatic nitrogens is 2. The highest BCUT2D eigenvalue weighted by atomic mass is 35.5. The molecule has 4 rings (SSSR count). The van der Waals surface area contributed by atoms with Gasteiger partial charge in [0.25, 0.3) is 5.91 Å². The van der Waals surface area contributed by atoms with Crippen molar-refractivity contribution in [3.63, 3.8) is 0 Å². The third-order valence-corrected chi connectivity index (χ3v) is 8.84. The van der Waals surface area contributed by atoms with Gasteiger partial charge in [0.15, 0.2) is 10.9 Å². The maximum absolute atomic E-state index is 13.3. The number of amides is 1. The van der Waals surface area contributed by atoms with Gasteiger partial charge in [-0.1, -0.05) is 61.1 Å². The summed E-state index contributed by atoms with van der Waals surface area (Å²) in [7, 11) is 0. The van der Waals surface area contributed by atoms with Crippen LogP contribution in [0.3, 0.4) is 0 Å². The normalized spacial score (nSPS) is 14.8. The second-order valence-corrected chi connectivity index (χ2v) is 12.3. The molecule has 1 unspecified atom stereocenters. The van der Waals surface area contributed by atoms with Crippen molar-refractivity contribution in [1.82, 2.24) is 9.55 Å². The lowest BCUT2D eigenvalue weighted by Crippen LogP contribution is -2.17. The summed E-state index contributed by atoms with van der Waals surface area (Å²) < 4.78 is 29.5. The zero-order chi connectivity index (χ0) is 27.6. The van der Waals surface area contributed by atoms with E-state index in [-0.39, 0.29) is 29.1 Å². The number of carbonyl (C=O) groups is 3. The Morgan fingerprint density at radius 1 is 1.26 bits per heavy atom. The van der Waals surface area contributed by atoms with E-state index in [2.05, 4.69) is 10.3 Å². The van der Waals surface area contributed by atoms with E-state index < -0.39 is 27.7 Å². The molecule has 0 saturated heterocycles. The third kappa shape index (κ3) is 6.23. The Balaban J connectivity index is 1.55. The van der Waals surface area contributed by atoms with Crippen molar-refractivity contribution in [3.05, 3.63) is 68.9 Å². The number of hydrogen-bond acceptors (Lipinski definition) is 8. The van der Waals surface area contributed by atoms with Crippen molar-refractivity contribution >= 4 is 56.8 Å². The molecule has 2 heterocycles. The summed E-state index contributed by atoms with van der Waals surface area (Å²) in [4.78, 5) is 41.3. The van der Waals surface area contributed by atoms with Gasteiger partial charge in [-0.25, -0.2) is 4.98 Å². The number of nitrogens with zero attached hydrogens (tertiary/aromatic N) is 2. The highest BCUT2D eigenvalue weighted by Crippen LogP contribution is 2.50. The topological polar surface area (TPSA) is 130 Å². The number of esters is 1. The molecule has 1 fully saturated rings. The highest BCUT2D eigenvalue weighted by molar-refractivity contribution is 7.80. The monoisotopic (exact) mass is 576 g/mol. The molecule has 1 N–H and O–H groups in total. The van der Waals surface area contributed by atoms with Gasteiger partial charge in [0, 0.05) is 37.6 Å². The summed E-state index contributed by atoms with van der Waals surface area (Å²) in [5.41, 5.74) is 2.79. The molecular weight excluding hydrogens is 550 g/mol. The maximum atomic E-state index is 13.3. The first kappa shape index (κ1) is 28.2. The Labute approximate surface area is 231 Å². The summed E-state index contributed by atoms with van der Waals surface area (Å²) in [6, 6.07) is 8.84. The zero-order valence-electron chi connectivity index (χ0n) is 21.1. The van der Waals surface area contributed by atoms with Crippen LogP contribution < -0.4 is 5.32 Å². The van der Waals surface area contributed by atoms with E-state index in [9.17, 15) is 23.1 Å². The van der Waals surface area contributed by atoms with E-state index in [0.717, 1.165) is 22.5 Å². The number of halogens is 1. The molecule has 9 nitrogen and oxygen atoms in total. The Morgan fingerprint density at radius 3 is 2.53 bits per heavy atom. The van der Waals surface area contributed by atoms with Crippen LogP contribution in [0.15, 0.2) is 36.5 Å². The Morgan fingerprint density at radius 2 is 1.95 bits per heavy atom. The van der Waals surface area contributed by atoms with Gasteiger partial charge in [-0.3, -0.25) is 23.9 Å². The average Bonchev–Trinajstić information content (AvgIpc) is 3.46. The van der Waals surface area contributed by atoms with Crippen molar-refractivity contribution in [2.24, 2.45) is 5.92 Å². The van der Waals surface area contributed by atoms with Crippen LogP contribution in [0.4, 0.5) is 5.13 Å². The molecule has 0 radical (unpaired) electrons. The van der Waals surface area contributed by atoms with Crippen LogP contribution in [-0.4, -0.2) is 42.6 Å². The van der Waals surface area contributed by atoms with E-state index in [0.29, 0.717) is 41.4 Å².